The molecule has 0 bridgehead atoms. The van der Waals surface area contributed by atoms with Crippen LogP contribution in [0.3, 0.4) is 0 Å². The summed E-state index contributed by atoms with van der Waals surface area (Å²) in [7, 11) is 1.05. The van der Waals surface area contributed by atoms with Gasteiger partial charge in [0.2, 0.25) is 12.4 Å². The molecule has 1 fully saturated rings. The Morgan fingerprint density at radius 2 is 1.63 bits per heavy atom. The molecule has 202 valence electrons. The van der Waals surface area contributed by atoms with Gasteiger partial charge in [-0.25, -0.2) is 9.59 Å². The molecule has 12 nitrogen and oxygen atoms in total. The summed E-state index contributed by atoms with van der Waals surface area (Å²) in [6.45, 7) is 2.13. The van der Waals surface area contributed by atoms with Gasteiger partial charge < -0.3 is 33.5 Å². The fourth-order valence-electron chi connectivity index (χ4n) is 3.68. The molecule has 0 unspecified atom stereocenters. The van der Waals surface area contributed by atoms with Gasteiger partial charge in [-0.2, -0.15) is 0 Å². The highest BCUT2D eigenvalue weighted by Crippen LogP contribution is 2.30. The highest BCUT2D eigenvalue weighted by atomic mass is 16.7. The first kappa shape index (κ1) is 28.3. The molecule has 1 N–H and O–H groups in total. The van der Waals surface area contributed by atoms with Crippen LogP contribution in [0.4, 0.5) is 0 Å². The van der Waals surface area contributed by atoms with E-state index in [1.54, 1.807) is 24.3 Å². The minimum Gasteiger partial charge on any atom is -0.467 e. The Bertz CT molecular complexity index is 1180. The predicted molar refractivity (Wildman–Crippen MR) is 126 cm³/mol. The van der Waals surface area contributed by atoms with Gasteiger partial charge >= 0.3 is 23.9 Å². The quantitative estimate of drug-likeness (QED) is 0.282. The molecule has 5 atom stereocenters. The molecular formula is C26H26O12. The van der Waals surface area contributed by atoms with Crippen molar-refractivity contribution in [2.75, 3.05) is 7.11 Å². The number of carbonyl (C=O) groups is 5. The number of esters is 4. The summed E-state index contributed by atoms with van der Waals surface area (Å²) in [6, 6.07) is 12.8. The van der Waals surface area contributed by atoms with Crippen molar-refractivity contribution < 1.29 is 57.5 Å². The van der Waals surface area contributed by atoms with Gasteiger partial charge in [0, 0.05) is 13.8 Å². The number of methoxy groups -OCH3 is 1. The average Bonchev–Trinajstić information content (AvgIpc) is 2.90. The summed E-state index contributed by atoms with van der Waals surface area (Å²) >= 11 is 0. The van der Waals surface area contributed by atoms with E-state index >= 15 is 0 Å². The number of rotatable bonds is 9. The van der Waals surface area contributed by atoms with Crippen LogP contribution in [-0.2, 0) is 44.7 Å². The fourth-order valence-corrected chi connectivity index (χ4v) is 3.68. The zero-order valence-electron chi connectivity index (χ0n) is 20.7. The molecule has 2 aromatic rings. The van der Waals surface area contributed by atoms with Crippen LogP contribution in [-0.4, -0.2) is 73.1 Å². The maximum Gasteiger partial charge on any atom is 0.338 e. The Hall–Kier alpha value is -4.29. The van der Waals surface area contributed by atoms with Crippen LogP contribution in [0.1, 0.15) is 40.1 Å². The first-order valence-electron chi connectivity index (χ1n) is 11.4. The molecule has 1 saturated heterocycles. The molecule has 2 aromatic carbocycles. The van der Waals surface area contributed by atoms with E-state index in [0.29, 0.717) is 6.29 Å². The van der Waals surface area contributed by atoms with Crippen LogP contribution < -0.4 is 4.74 Å². The molecule has 0 spiro atoms. The van der Waals surface area contributed by atoms with Gasteiger partial charge in [0.15, 0.2) is 18.5 Å². The second kappa shape index (κ2) is 12.8. The third kappa shape index (κ3) is 6.93. The van der Waals surface area contributed by atoms with E-state index in [2.05, 4.69) is 4.74 Å². The highest BCUT2D eigenvalue weighted by Gasteiger charge is 2.53. The van der Waals surface area contributed by atoms with Gasteiger partial charge in [0.1, 0.15) is 18.5 Å². The molecule has 0 amide bonds. The molecule has 1 heterocycles. The van der Waals surface area contributed by atoms with Crippen LogP contribution in [0, 0.1) is 0 Å². The van der Waals surface area contributed by atoms with E-state index in [0.717, 1.165) is 26.5 Å². The van der Waals surface area contributed by atoms with Gasteiger partial charge in [-0.05, 0) is 23.8 Å². The summed E-state index contributed by atoms with van der Waals surface area (Å²) in [4.78, 5) is 60.0. The van der Waals surface area contributed by atoms with Gasteiger partial charge in [0.25, 0.3) is 0 Å². The Morgan fingerprint density at radius 1 is 0.974 bits per heavy atom. The van der Waals surface area contributed by atoms with E-state index in [4.69, 9.17) is 23.7 Å². The summed E-state index contributed by atoms with van der Waals surface area (Å²) < 4.78 is 31.5. The second-order valence-corrected chi connectivity index (χ2v) is 8.14. The Kier molecular flexibility index (Phi) is 9.52. The van der Waals surface area contributed by atoms with Crippen molar-refractivity contribution in [3.05, 3.63) is 65.2 Å². The third-order valence-corrected chi connectivity index (χ3v) is 5.39. The molecule has 0 saturated carbocycles. The number of benzene rings is 2. The van der Waals surface area contributed by atoms with E-state index in [1.807, 2.05) is 6.07 Å². The van der Waals surface area contributed by atoms with Crippen LogP contribution in [0.5, 0.6) is 5.75 Å². The molecule has 0 radical (unpaired) electrons. The fraction of sp³-hybridized carbons (Fsp3) is 0.346. The maximum absolute atomic E-state index is 12.5. The van der Waals surface area contributed by atoms with Gasteiger partial charge in [-0.1, -0.05) is 30.3 Å². The van der Waals surface area contributed by atoms with Crippen molar-refractivity contribution in [3.8, 4) is 5.75 Å². The lowest BCUT2D eigenvalue weighted by atomic mass is 9.98. The van der Waals surface area contributed by atoms with Gasteiger partial charge in [-0.3, -0.25) is 14.4 Å². The molecule has 38 heavy (non-hydrogen) atoms. The van der Waals surface area contributed by atoms with Crippen LogP contribution >= 0.6 is 0 Å². The Morgan fingerprint density at radius 3 is 2.24 bits per heavy atom. The number of ether oxygens (including phenoxy) is 6. The molecule has 0 aliphatic carbocycles. The van der Waals surface area contributed by atoms with E-state index in [-0.39, 0.29) is 23.5 Å². The summed E-state index contributed by atoms with van der Waals surface area (Å²) in [5.41, 5.74) is 0.721. The van der Waals surface area contributed by atoms with Crippen molar-refractivity contribution in [1.82, 2.24) is 0 Å². The van der Waals surface area contributed by atoms with Crippen LogP contribution in [0.15, 0.2) is 48.5 Å². The van der Waals surface area contributed by atoms with Crippen LogP contribution in [0.2, 0.25) is 0 Å². The minimum absolute atomic E-state index is 0.0170. The van der Waals surface area contributed by atoms with Crippen molar-refractivity contribution in [2.24, 2.45) is 0 Å². The van der Waals surface area contributed by atoms with Crippen molar-refractivity contribution >= 4 is 30.2 Å². The van der Waals surface area contributed by atoms with Crippen molar-refractivity contribution in [3.63, 3.8) is 0 Å². The SMILES string of the molecule is COC(=O)[C@H]1O[C@@H](Oc2ccc(C(=O)OCc3ccccc3)cc2C=O)[C@H](OC(C)=O)[C@@H](OC(C)=O)[C@@H]1O. The summed E-state index contributed by atoms with van der Waals surface area (Å²) in [6.07, 6.45) is -7.81. The first-order chi connectivity index (χ1) is 18.1. The number of aliphatic hydroxyl groups excluding tert-OH is 1. The lowest BCUT2D eigenvalue weighted by molar-refractivity contribution is -0.279. The Labute approximate surface area is 217 Å². The largest absolute Gasteiger partial charge is 0.467 e. The predicted octanol–water partition coefficient (Wildman–Crippen LogP) is 1.36. The second-order valence-electron chi connectivity index (χ2n) is 8.14. The normalized spacial score (nSPS) is 22.5. The topological polar surface area (TPSA) is 161 Å². The minimum atomic E-state index is -1.78. The zero-order chi connectivity index (χ0) is 27.8. The Balaban J connectivity index is 1.87. The number of aliphatic hydroxyl groups is 1. The van der Waals surface area contributed by atoms with E-state index in [1.165, 1.54) is 18.2 Å². The molecule has 12 heteroatoms. The molecular weight excluding hydrogens is 504 g/mol. The first-order valence-corrected chi connectivity index (χ1v) is 11.4. The number of hydrogen-bond acceptors (Lipinski definition) is 12. The monoisotopic (exact) mass is 530 g/mol. The molecule has 0 aromatic heterocycles. The standard InChI is InChI=1S/C26H26O12/c1-14(28)35-21-20(30)22(25(32)33-3)38-26(23(21)36-15(2)29)37-19-10-9-17(11-18(19)12-27)24(31)34-13-16-7-5-4-6-8-16/h4-12,20-23,26,30H,13H2,1-3H3/t20-,21-,22-,23+,26+/m0/s1. The van der Waals surface area contributed by atoms with Crippen LogP contribution in [0.25, 0.3) is 0 Å². The smallest absolute Gasteiger partial charge is 0.338 e. The third-order valence-electron chi connectivity index (χ3n) is 5.39. The molecule has 1 aliphatic heterocycles. The van der Waals surface area contributed by atoms with E-state index in [9.17, 15) is 29.1 Å². The van der Waals surface area contributed by atoms with Crippen molar-refractivity contribution in [1.29, 1.82) is 0 Å². The molecule has 3 rings (SSSR count). The number of hydrogen-bond donors (Lipinski definition) is 1. The van der Waals surface area contributed by atoms with E-state index < -0.39 is 54.6 Å². The van der Waals surface area contributed by atoms with Gasteiger partial charge in [0.05, 0.1) is 18.2 Å². The van der Waals surface area contributed by atoms with Gasteiger partial charge in [-0.15, -0.1) is 0 Å². The number of aldehydes is 1. The zero-order valence-corrected chi connectivity index (χ0v) is 20.7. The summed E-state index contributed by atoms with van der Waals surface area (Å²) in [5, 5.41) is 10.6. The lowest BCUT2D eigenvalue weighted by Gasteiger charge is -2.41. The maximum atomic E-state index is 12.5. The average molecular weight is 530 g/mol. The molecule has 1 aliphatic rings. The number of carbonyl (C=O) groups excluding carboxylic acids is 5. The lowest BCUT2D eigenvalue weighted by Crippen LogP contribution is -2.63. The van der Waals surface area contributed by atoms with Crippen molar-refractivity contribution in [2.45, 2.75) is 51.2 Å². The summed E-state index contributed by atoms with van der Waals surface area (Å²) in [5.74, 6) is -3.51. The highest BCUT2D eigenvalue weighted by molar-refractivity contribution is 5.92.